The van der Waals surface area contributed by atoms with Gasteiger partial charge < -0.3 is 0 Å². The maximum atomic E-state index is 11.9. The van der Waals surface area contributed by atoms with Gasteiger partial charge in [-0.25, -0.2) is 0 Å². The summed E-state index contributed by atoms with van der Waals surface area (Å²) in [5.41, 5.74) is 1.40. The van der Waals surface area contributed by atoms with Crippen molar-refractivity contribution >= 4 is 12.1 Å². The molecular formula is C25H30IO7-. The minimum atomic E-state index is -0.773. The van der Waals surface area contributed by atoms with Gasteiger partial charge in [0.1, 0.15) is 0 Å². The predicted molar refractivity (Wildman–Crippen MR) is 118 cm³/mol. The first-order valence-corrected chi connectivity index (χ1v) is 12.8. The minimum absolute atomic E-state index is 0.124. The molecule has 0 atom stereocenters. The molecule has 7 nitrogen and oxygen atoms in total. The summed E-state index contributed by atoms with van der Waals surface area (Å²) in [6.45, 7) is 10.9. The van der Waals surface area contributed by atoms with Crippen LogP contribution in [-0.4, -0.2) is 31.3 Å². The van der Waals surface area contributed by atoms with Crippen molar-refractivity contribution in [1.82, 2.24) is 0 Å². The fourth-order valence-corrected chi connectivity index (χ4v) is 5.77. The van der Waals surface area contributed by atoms with Crippen LogP contribution in [0.5, 0.6) is 11.5 Å². The summed E-state index contributed by atoms with van der Waals surface area (Å²) < 4.78 is 29.1. The van der Waals surface area contributed by atoms with Gasteiger partial charge in [-0.2, -0.15) is 0 Å². The zero-order valence-electron chi connectivity index (χ0n) is 19.8. The fourth-order valence-electron chi connectivity index (χ4n) is 2.95. The molecule has 2 aromatic rings. The van der Waals surface area contributed by atoms with Crippen LogP contribution in [0.3, 0.4) is 0 Å². The molecule has 0 aliphatic carbocycles. The van der Waals surface area contributed by atoms with Crippen molar-refractivity contribution in [3.8, 4) is 22.6 Å². The molecule has 2 aromatic carbocycles. The number of benzene rings is 2. The van der Waals surface area contributed by atoms with Crippen LogP contribution in [0.1, 0.15) is 48.0 Å². The molecule has 3 rings (SSSR count). The Morgan fingerprint density at radius 1 is 0.788 bits per heavy atom. The SMILES string of the molecule is CC(C)(C)CC(=O)OCOc1ccc2c(c1)-c1cc(OCOC(=O)OC(C)(C)C)ccc1[I-]2. The van der Waals surface area contributed by atoms with E-state index >= 15 is 0 Å². The molecule has 33 heavy (non-hydrogen) atoms. The molecule has 0 fully saturated rings. The van der Waals surface area contributed by atoms with Crippen molar-refractivity contribution < 1.29 is 54.5 Å². The topological polar surface area (TPSA) is 80.3 Å². The van der Waals surface area contributed by atoms with Crippen molar-refractivity contribution in [2.45, 2.75) is 53.6 Å². The van der Waals surface area contributed by atoms with Crippen LogP contribution in [0.25, 0.3) is 11.1 Å². The third kappa shape index (κ3) is 7.80. The van der Waals surface area contributed by atoms with Gasteiger partial charge in [0.15, 0.2) is 0 Å². The first-order valence-electron chi connectivity index (χ1n) is 10.6. The first-order chi connectivity index (χ1) is 15.4. The van der Waals surface area contributed by atoms with E-state index < -0.39 is 11.8 Å². The molecule has 180 valence electrons. The van der Waals surface area contributed by atoms with Gasteiger partial charge in [0.05, 0.1) is 0 Å². The Hall–Kier alpha value is -2.49. The van der Waals surface area contributed by atoms with E-state index in [0.29, 0.717) is 17.9 Å². The number of fused-ring (bicyclic) bond motifs is 3. The van der Waals surface area contributed by atoms with Crippen LogP contribution in [0.2, 0.25) is 0 Å². The number of hydrogen-bond acceptors (Lipinski definition) is 7. The molecule has 8 heteroatoms. The molecule has 0 spiro atoms. The second kappa shape index (κ2) is 10.2. The third-order valence-electron chi connectivity index (χ3n) is 4.28. The average Bonchev–Trinajstić information content (AvgIpc) is 3.02. The molecule has 0 saturated carbocycles. The van der Waals surface area contributed by atoms with Gasteiger partial charge in [0.25, 0.3) is 0 Å². The molecule has 0 radical (unpaired) electrons. The Morgan fingerprint density at radius 3 is 1.79 bits per heavy atom. The number of carbonyl (C=O) groups is 2. The zero-order chi connectivity index (χ0) is 24.2. The molecule has 0 N–H and O–H groups in total. The second-order valence-corrected chi connectivity index (χ2v) is 12.6. The van der Waals surface area contributed by atoms with Crippen molar-refractivity contribution in [3.63, 3.8) is 0 Å². The Balaban J connectivity index is 1.59. The number of carbonyl (C=O) groups excluding carboxylic acids is 2. The number of halogens is 1. The number of esters is 1. The second-order valence-electron chi connectivity index (χ2n) is 9.76. The Kier molecular flexibility index (Phi) is 7.76. The van der Waals surface area contributed by atoms with E-state index in [4.69, 9.17) is 23.7 Å². The standard InChI is InChI=1S/C25H30IO7/c1-24(2,3)13-22(27)31-14-29-16-7-9-20-18(11-16)19-12-17(8-10-21(19)26-20)30-15-32-23(28)33-25(4,5)6/h7-12H,13-15H2,1-6H3/q-1. The van der Waals surface area contributed by atoms with Gasteiger partial charge in [-0.1, -0.05) is 0 Å². The average molecular weight is 569 g/mol. The van der Waals surface area contributed by atoms with Crippen molar-refractivity contribution in [1.29, 1.82) is 0 Å². The maximum absolute atomic E-state index is 11.9. The third-order valence-corrected chi connectivity index (χ3v) is 7.33. The molecule has 1 heterocycles. The fraction of sp³-hybridized carbons (Fsp3) is 0.440. The van der Waals surface area contributed by atoms with Crippen molar-refractivity contribution in [2.24, 2.45) is 5.41 Å². The van der Waals surface area contributed by atoms with E-state index in [0.717, 1.165) is 11.1 Å². The monoisotopic (exact) mass is 569 g/mol. The molecule has 0 saturated heterocycles. The molecule has 0 unspecified atom stereocenters. The zero-order valence-corrected chi connectivity index (χ0v) is 22.0. The molecule has 0 aromatic heterocycles. The van der Waals surface area contributed by atoms with E-state index in [-0.39, 0.29) is 46.2 Å². The molecule has 1 aliphatic heterocycles. The number of rotatable bonds is 7. The summed E-state index contributed by atoms with van der Waals surface area (Å²) in [5.74, 6) is 0.945. The van der Waals surface area contributed by atoms with E-state index in [1.807, 2.05) is 51.1 Å². The van der Waals surface area contributed by atoms with Gasteiger partial charge in [0.2, 0.25) is 0 Å². The Morgan fingerprint density at radius 2 is 1.30 bits per heavy atom. The van der Waals surface area contributed by atoms with E-state index in [1.54, 1.807) is 20.8 Å². The van der Waals surface area contributed by atoms with E-state index in [9.17, 15) is 9.59 Å². The van der Waals surface area contributed by atoms with Gasteiger partial charge in [-0.3, -0.25) is 0 Å². The van der Waals surface area contributed by atoms with Gasteiger partial charge in [0, 0.05) is 0 Å². The summed E-state index contributed by atoms with van der Waals surface area (Å²) in [5, 5.41) is 0. The first kappa shape index (κ1) is 25.1. The Labute approximate surface area is 205 Å². The van der Waals surface area contributed by atoms with Crippen molar-refractivity contribution in [2.75, 3.05) is 13.6 Å². The summed E-state index contributed by atoms with van der Waals surface area (Å²) in [7, 11) is 0. The van der Waals surface area contributed by atoms with Crippen LogP contribution < -0.4 is 30.7 Å². The van der Waals surface area contributed by atoms with Crippen LogP contribution in [0.4, 0.5) is 4.79 Å². The summed E-state index contributed by atoms with van der Waals surface area (Å²) >= 11 is -0.305. The summed E-state index contributed by atoms with van der Waals surface area (Å²) in [6.07, 6.45) is -0.441. The predicted octanol–water partition coefficient (Wildman–Crippen LogP) is 2.40. The van der Waals surface area contributed by atoms with Crippen LogP contribution in [-0.2, 0) is 19.0 Å². The van der Waals surface area contributed by atoms with E-state index in [1.165, 1.54) is 7.14 Å². The number of hydrogen-bond donors (Lipinski definition) is 0. The van der Waals surface area contributed by atoms with Crippen molar-refractivity contribution in [3.05, 3.63) is 43.5 Å². The van der Waals surface area contributed by atoms with Gasteiger partial charge in [-0.05, 0) is 0 Å². The van der Waals surface area contributed by atoms with E-state index in [2.05, 4.69) is 6.07 Å². The molecule has 1 aliphatic rings. The van der Waals surface area contributed by atoms with Crippen LogP contribution in [0.15, 0.2) is 36.4 Å². The Bertz CT molecular complexity index is 937. The molecule has 0 bridgehead atoms. The molecular weight excluding hydrogens is 539 g/mol. The van der Waals surface area contributed by atoms with Crippen LogP contribution in [0, 0.1) is 12.6 Å². The quantitative estimate of drug-likeness (QED) is 0.246. The summed E-state index contributed by atoms with van der Waals surface area (Å²) in [6, 6.07) is 11.8. The van der Waals surface area contributed by atoms with Crippen LogP contribution >= 0.6 is 0 Å². The van der Waals surface area contributed by atoms with Gasteiger partial charge in [-0.15, -0.1) is 0 Å². The number of ether oxygens (including phenoxy) is 5. The summed E-state index contributed by atoms with van der Waals surface area (Å²) in [4.78, 5) is 23.6. The normalized spacial score (nSPS) is 12.7. The molecule has 0 amide bonds. The van der Waals surface area contributed by atoms with Gasteiger partial charge >= 0.3 is 205 Å².